The van der Waals surface area contributed by atoms with Gasteiger partial charge in [0, 0.05) is 19.7 Å². The molecule has 9 heteroatoms. The molecule has 0 spiro atoms. The number of aryl methyl sites for hydroxylation is 1. The molecular formula is C19H28ClN5O3. The summed E-state index contributed by atoms with van der Waals surface area (Å²) in [7, 11) is 3.86. The summed E-state index contributed by atoms with van der Waals surface area (Å²) in [6.45, 7) is 4.41. The normalized spacial score (nSPS) is 24.7. The SMILES string of the molecule is CC[C@H](Oc1nc(Cl)nc2c1n(C)c(=O)n2[C@H]1CCCOC1)[C@@H]1CCCN1C. The zero-order valence-electron chi connectivity index (χ0n) is 16.7. The third-order valence-corrected chi connectivity index (χ3v) is 6.20. The number of likely N-dealkylation sites (N-methyl/N-ethyl adjacent to an activating group) is 1. The highest BCUT2D eigenvalue weighted by Gasteiger charge is 2.32. The third-order valence-electron chi connectivity index (χ3n) is 6.04. The molecule has 3 atom stereocenters. The second-order valence-electron chi connectivity index (χ2n) is 7.81. The monoisotopic (exact) mass is 409 g/mol. The topological polar surface area (TPSA) is 74.4 Å². The molecule has 0 amide bonds. The molecule has 0 aromatic carbocycles. The fourth-order valence-electron chi connectivity index (χ4n) is 4.53. The van der Waals surface area contributed by atoms with E-state index in [2.05, 4.69) is 28.8 Å². The number of hydrogen-bond acceptors (Lipinski definition) is 6. The van der Waals surface area contributed by atoms with Crippen molar-refractivity contribution in [1.82, 2.24) is 24.0 Å². The highest BCUT2D eigenvalue weighted by molar-refractivity contribution is 6.28. The molecule has 0 radical (unpaired) electrons. The Bertz CT molecular complexity index is 905. The molecule has 2 saturated heterocycles. The smallest absolute Gasteiger partial charge is 0.330 e. The largest absolute Gasteiger partial charge is 0.471 e. The summed E-state index contributed by atoms with van der Waals surface area (Å²) < 4.78 is 15.2. The quantitative estimate of drug-likeness (QED) is 0.706. The molecule has 2 aromatic heterocycles. The predicted molar refractivity (Wildman–Crippen MR) is 107 cm³/mol. The van der Waals surface area contributed by atoms with Crippen LogP contribution in [0.1, 0.15) is 45.1 Å². The summed E-state index contributed by atoms with van der Waals surface area (Å²) >= 11 is 6.24. The number of likely N-dealkylation sites (tertiary alicyclic amines) is 1. The Morgan fingerprint density at radius 1 is 1.29 bits per heavy atom. The molecule has 154 valence electrons. The van der Waals surface area contributed by atoms with Gasteiger partial charge >= 0.3 is 5.69 Å². The lowest BCUT2D eigenvalue weighted by Gasteiger charge is -2.28. The number of aromatic nitrogens is 4. The van der Waals surface area contributed by atoms with E-state index in [4.69, 9.17) is 21.1 Å². The van der Waals surface area contributed by atoms with E-state index < -0.39 is 0 Å². The van der Waals surface area contributed by atoms with Crippen LogP contribution in [0.5, 0.6) is 5.88 Å². The molecule has 28 heavy (non-hydrogen) atoms. The Labute approximate surface area is 169 Å². The van der Waals surface area contributed by atoms with Crippen molar-refractivity contribution in [2.24, 2.45) is 7.05 Å². The predicted octanol–water partition coefficient (Wildman–Crippen LogP) is 2.39. The maximum absolute atomic E-state index is 13.0. The van der Waals surface area contributed by atoms with E-state index in [1.807, 2.05) is 0 Å². The number of imidazole rings is 1. The molecule has 2 fully saturated rings. The van der Waals surface area contributed by atoms with Crippen molar-refractivity contribution >= 4 is 22.8 Å². The Kier molecular flexibility index (Phi) is 5.62. The van der Waals surface area contributed by atoms with Crippen LogP contribution in [0.25, 0.3) is 11.2 Å². The maximum Gasteiger partial charge on any atom is 0.330 e. The fraction of sp³-hybridized carbons (Fsp3) is 0.737. The van der Waals surface area contributed by atoms with Crippen LogP contribution >= 0.6 is 11.6 Å². The summed E-state index contributed by atoms with van der Waals surface area (Å²) in [5.41, 5.74) is 0.977. The first-order valence-corrected chi connectivity index (χ1v) is 10.5. The van der Waals surface area contributed by atoms with Crippen LogP contribution in [0.2, 0.25) is 5.28 Å². The first-order valence-electron chi connectivity index (χ1n) is 10.1. The van der Waals surface area contributed by atoms with Gasteiger partial charge in [-0.05, 0) is 57.3 Å². The van der Waals surface area contributed by atoms with Crippen LogP contribution in [-0.4, -0.2) is 63.0 Å². The molecule has 8 nitrogen and oxygen atoms in total. The zero-order chi connectivity index (χ0) is 19.8. The summed E-state index contributed by atoms with van der Waals surface area (Å²) in [5, 5.41) is 0.0909. The highest BCUT2D eigenvalue weighted by Crippen LogP contribution is 2.30. The van der Waals surface area contributed by atoms with E-state index in [1.54, 1.807) is 16.2 Å². The van der Waals surface area contributed by atoms with Gasteiger partial charge in [0.15, 0.2) is 11.2 Å². The van der Waals surface area contributed by atoms with Gasteiger partial charge < -0.3 is 9.47 Å². The van der Waals surface area contributed by atoms with Crippen molar-refractivity contribution < 1.29 is 9.47 Å². The Balaban J connectivity index is 1.77. The van der Waals surface area contributed by atoms with Gasteiger partial charge in [-0.1, -0.05) is 6.92 Å². The summed E-state index contributed by atoms with van der Waals surface area (Å²) in [5.74, 6) is 0.386. The maximum atomic E-state index is 13.0. The van der Waals surface area contributed by atoms with Crippen molar-refractivity contribution in [3.05, 3.63) is 15.8 Å². The minimum Gasteiger partial charge on any atom is -0.471 e. The van der Waals surface area contributed by atoms with Gasteiger partial charge in [-0.15, -0.1) is 0 Å². The molecule has 2 aromatic rings. The molecule has 4 rings (SSSR count). The standard InChI is InChI=1S/C19H28ClN5O3/c1-4-14(13-8-5-9-23(13)2)28-17-15-16(21-18(20)22-17)25(19(26)24(15)3)12-7-6-10-27-11-12/h12-14H,4-11H2,1-3H3/t12-,13-,14-/m0/s1. The average Bonchev–Trinajstić information content (AvgIpc) is 3.22. The number of ether oxygens (including phenoxy) is 2. The van der Waals surface area contributed by atoms with Crippen molar-refractivity contribution in [1.29, 1.82) is 0 Å². The van der Waals surface area contributed by atoms with Gasteiger partial charge in [0.25, 0.3) is 0 Å². The Hall–Kier alpha value is -1.64. The number of fused-ring (bicyclic) bond motifs is 1. The van der Waals surface area contributed by atoms with Gasteiger partial charge in [0.1, 0.15) is 6.10 Å². The van der Waals surface area contributed by atoms with Crippen molar-refractivity contribution in [3.63, 3.8) is 0 Å². The molecule has 2 aliphatic rings. The zero-order valence-corrected chi connectivity index (χ0v) is 17.5. The molecule has 0 bridgehead atoms. The van der Waals surface area contributed by atoms with E-state index in [0.29, 0.717) is 29.7 Å². The number of rotatable bonds is 5. The summed E-state index contributed by atoms with van der Waals surface area (Å²) in [6, 6.07) is 0.284. The van der Waals surface area contributed by atoms with Gasteiger partial charge in [-0.3, -0.25) is 14.0 Å². The number of hydrogen-bond donors (Lipinski definition) is 0. The first-order chi connectivity index (χ1) is 13.5. The van der Waals surface area contributed by atoms with E-state index in [0.717, 1.165) is 45.3 Å². The van der Waals surface area contributed by atoms with Crippen LogP contribution in [0.3, 0.4) is 0 Å². The number of halogens is 1. The van der Waals surface area contributed by atoms with Crippen molar-refractivity contribution in [3.8, 4) is 5.88 Å². The second-order valence-corrected chi connectivity index (χ2v) is 8.15. The molecule has 0 N–H and O–H groups in total. The van der Waals surface area contributed by atoms with E-state index in [-0.39, 0.29) is 23.1 Å². The fourth-order valence-corrected chi connectivity index (χ4v) is 4.69. The molecule has 0 aliphatic carbocycles. The minimum atomic E-state index is -0.141. The van der Waals surface area contributed by atoms with Crippen LogP contribution in [-0.2, 0) is 11.8 Å². The minimum absolute atomic E-state index is 0.0156. The number of nitrogens with zero attached hydrogens (tertiary/aromatic N) is 5. The van der Waals surface area contributed by atoms with Crippen LogP contribution in [0, 0.1) is 0 Å². The lowest BCUT2D eigenvalue weighted by molar-refractivity contribution is 0.0590. The average molecular weight is 410 g/mol. The van der Waals surface area contributed by atoms with Gasteiger partial charge in [0.05, 0.1) is 12.6 Å². The van der Waals surface area contributed by atoms with E-state index in [1.165, 1.54) is 0 Å². The first kappa shape index (κ1) is 19.7. The van der Waals surface area contributed by atoms with E-state index >= 15 is 0 Å². The lowest BCUT2D eigenvalue weighted by atomic mass is 10.1. The lowest BCUT2D eigenvalue weighted by Crippen LogP contribution is -2.39. The molecule has 0 unspecified atom stereocenters. The van der Waals surface area contributed by atoms with E-state index in [9.17, 15) is 4.79 Å². The van der Waals surface area contributed by atoms with Gasteiger partial charge in [0.2, 0.25) is 11.2 Å². The Morgan fingerprint density at radius 2 is 2.11 bits per heavy atom. The summed E-state index contributed by atoms with van der Waals surface area (Å²) in [4.78, 5) is 24.1. The van der Waals surface area contributed by atoms with Crippen LogP contribution < -0.4 is 10.4 Å². The second kappa shape index (κ2) is 8.00. The van der Waals surface area contributed by atoms with Crippen LogP contribution in [0.15, 0.2) is 4.79 Å². The van der Waals surface area contributed by atoms with Crippen LogP contribution in [0.4, 0.5) is 0 Å². The Morgan fingerprint density at radius 3 is 2.75 bits per heavy atom. The molecule has 4 heterocycles. The third kappa shape index (κ3) is 3.42. The molecule has 0 saturated carbocycles. The van der Waals surface area contributed by atoms with Crippen molar-refractivity contribution in [2.75, 3.05) is 26.8 Å². The van der Waals surface area contributed by atoms with Gasteiger partial charge in [-0.25, -0.2) is 4.79 Å². The molecule has 2 aliphatic heterocycles. The highest BCUT2D eigenvalue weighted by atomic mass is 35.5. The molecular weight excluding hydrogens is 382 g/mol. The van der Waals surface area contributed by atoms with Gasteiger partial charge in [-0.2, -0.15) is 9.97 Å². The summed E-state index contributed by atoms with van der Waals surface area (Å²) in [6.07, 6.45) is 4.89. The van der Waals surface area contributed by atoms with Crippen molar-refractivity contribution in [2.45, 2.75) is 57.2 Å².